The number of piperidine rings is 1. The van der Waals surface area contributed by atoms with E-state index in [2.05, 4.69) is 4.90 Å². The summed E-state index contributed by atoms with van der Waals surface area (Å²) in [5.74, 6) is -0.0345. The van der Waals surface area contributed by atoms with Crippen molar-refractivity contribution in [1.82, 2.24) is 0 Å². The number of benzene rings is 1. The molecule has 1 heterocycles. The Hall–Kier alpha value is -1.13. The maximum Gasteiger partial charge on any atom is 0.123 e. The Labute approximate surface area is 125 Å². The van der Waals surface area contributed by atoms with Crippen LogP contribution in [0.2, 0.25) is 0 Å². The van der Waals surface area contributed by atoms with Gasteiger partial charge in [-0.2, -0.15) is 0 Å². The largest absolute Gasteiger partial charge is 0.389 e. The number of anilines is 1. The monoisotopic (exact) mass is 293 g/mol. The predicted molar refractivity (Wildman–Crippen MR) is 80.8 cm³/mol. The lowest BCUT2D eigenvalue weighted by Crippen LogP contribution is -2.53. The van der Waals surface area contributed by atoms with Crippen LogP contribution in [0.4, 0.5) is 10.1 Å². The molecule has 0 spiro atoms. The number of rotatable bonds is 2. The topological polar surface area (TPSA) is 43.7 Å². The zero-order chi connectivity index (χ0) is 15.0. The van der Waals surface area contributed by atoms with E-state index >= 15 is 0 Å². The summed E-state index contributed by atoms with van der Waals surface area (Å²) in [5, 5.41) is 20.6. The first-order valence-electron chi connectivity index (χ1n) is 7.94. The van der Waals surface area contributed by atoms with Crippen LogP contribution in [-0.2, 0) is 0 Å². The molecule has 3 rings (SSSR count). The number of halogens is 1. The number of aliphatic hydroxyl groups is 2. The SMILES string of the molecule is C[C@@H](O)c1cc(F)ccc1N1CCC2(O)CCCCC2C1. The molecule has 21 heavy (non-hydrogen) atoms. The minimum atomic E-state index is -0.692. The molecule has 1 aromatic carbocycles. The second-order valence-corrected chi connectivity index (χ2v) is 6.62. The van der Waals surface area contributed by atoms with Gasteiger partial charge in [-0.15, -0.1) is 0 Å². The molecule has 0 bridgehead atoms. The Morgan fingerprint density at radius 1 is 1.33 bits per heavy atom. The van der Waals surface area contributed by atoms with Gasteiger partial charge in [-0.05, 0) is 44.4 Å². The molecule has 0 amide bonds. The van der Waals surface area contributed by atoms with E-state index in [0.29, 0.717) is 5.56 Å². The Kier molecular flexibility index (Phi) is 3.93. The third kappa shape index (κ3) is 2.79. The fourth-order valence-electron chi connectivity index (χ4n) is 3.94. The Morgan fingerprint density at radius 3 is 2.90 bits per heavy atom. The maximum absolute atomic E-state index is 13.4. The summed E-state index contributed by atoms with van der Waals surface area (Å²) < 4.78 is 13.4. The quantitative estimate of drug-likeness (QED) is 0.881. The van der Waals surface area contributed by atoms with E-state index in [-0.39, 0.29) is 11.7 Å². The first kappa shape index (κ1) is 14.8. The van der Waals surface area contributed by atoms with Crippen LogP contribution in [-0.4, -0.2) is 28.9 Å². The van der Waals surface area contributed by atoms with Crippen molar-refractivity contribution in [2.75, 3.05) is 18.0 Å². The highest BCUT2D eigenvalue weighted by Gasteiger charge is 2.43. The second kappa shape index (κ2) is 5.58. The van der Waals surface area contributed by atoms with E-state index in [9.17, 15) is 14.6 Å². The van der Waals surface area contributed by atoms with Crippen molar-refractivity contribution in [1.29, 1.82) is 0 Å². The third-order valence-electron chi connectivity index (χ3n) is 5.21. The minimum absolute atomic E-state index is 0.284. The van der Waals surface area contributed by atoms with Crippen molar-refractivity contribution in [3.05, 3.63) is 29.6 Å². The van der Waals surface area contributed by atoms with E-state index in [1.54, 1.807) is 13.0 Å². The molecule has 2 fully saturated rings. The Morgan fingerprint density at radius 2 is 2.14 bits per heavy atom. The lowest BCUT2D eigenvalue weighted by Gasteiger charge is -2.48. The molecule has 3 atom stereocenters. The molecule has 4 heteroatoms. The molecule has 1 saturated heterocycles. The molecule has 116 valence electrons. The smallest absolute Gasteiger partial charge is 0.123 e. The van der Waals surface area contributed by atoms with Crippen molar-refractivity contribution in [2.24, 2.45) is 5.92 Å². The molecular formula is C17H24FNO2. The van der Waals surface area contributed by atoms with Crippen LogP contribution in [0.1, 0.15) is 50.7 Å². The van der Waals surface area contributed by atoms with Gasteiger partial charge in [-0.25, -0.2) is 4.39 Å². The molecule has 1 aliphatic carbocycles. The summed E-state index contributed by atoms with van der Waals surface area (Å²) in [5.41, 5.74) is 1.02. The molecule has 0 aromatic heterocycles. The minimum Gasteiger partial charge on any atom is -0.389 e. The van der Waals surface area contributed by atoms with Crippen LogP contribution in [0.25, 0.3) is 0 Å². The summed E-state index contributed by atoms with van der Waals surface area (Å²) >= 11 is 0. The number of fused-ring (bicyclic) bond motifs is 1. The van der Waals surface area contributed by atoms with Gasteiger partial charge in [0, 0.05) is 30.3 Å². The number of hydrogen-bond donors (Lipinski definition) is 2. The van der Waals surface area contributed by atoms with Gasteiger partial charge in [0.25, 0.3) is 0 Å². The maximum atomic E-state index is 13.4. The van der Waals surface area contributed by atoms with Crippen LogP contribution in [0.15, 0.2) is 18.2 Å². The van der Waals surface area contributed by atoms with Gasteiger partial charge in [-0.3, -0.25) is 0 Å². The van der Waals surface area contributed by atoms with E-state index in [1.807, 2.05) is 0 Å². The highest BCUT2D eigenvalue weighted by atomic mass is 19.1. The zero-order valence-electron chi connectivity index (χ0n) is 12.6. The average Bonchev–Trinajstić information content (AvgIpc) is 2.46. The standard InChI is InChI=1S/C17H24FNO2/c1-12(20)15-10-14(18)5-6-16(15)19-9-8-17(21)7-3-2-4-13(17)11-19/h5-6,10,12-13,20-21H,2-4,7-9,11H2,1H3/t12-,13?,17?/m1/s1. The fraction of sp³-hybridized carbons (Fsp3) is 0.647. The van der Waals surface area contributed by atoms with Gasteiger partial charge in [-0.1, -0.05) is 12.8 Å². The van der Waals surface area contributed by atoms with E-state index < -0.39 is 11.7 Å². The molecule has 3 nitrogen and oxygen atoms in total. The summed E-state index contributed by atoms with van der Waals surface area (Å²) in [6.45, 7) is 3.22. The zero-order valence-corrected chi connectivity index (χ0v) is 12.6. The first-order chi connectivity index (χ1) is 9.99. The first-order valence-corrected chi connectivity index (χ1v) is 7.94. The van der Waals surface area contributed by atoms with Crippen molar-refractivity contribution >= 4 is 5.69 Å². The predicted octanol–water partition coefficient (Wildman–Crippen LogP) is 3.01. The lowest BCUT2D eigenvalue weighted by molar-refractivity contribution is -0.0613. The van der Waals surface area contributed by atoms with Crippen molar-refractivity contribution in [2.45, 2.75) is 50.7 Å². The van der Waals surface area contributed by atoms with E-state index in [4.69, 9.17) is 0 Å². The van der Waals surface area contributed by atoms with E-state index in [0.717, 1.165) is 44.5 Å². The summed E-state index contributed by atoms with van der Waals surface area (Å²) in [4.78, 5) is 2.20. The van der Waals surface area contributed by atoms with Crippen LogP contribution >= 0.6 is 0 Å². The van der Waals surface area contributed by atoms with Gasteiger partial charge in [0.2, 0.25) is 0 Å². The van der Waals surface area contributed by atoms with Crippen LogP contribution in [0, 0.1) is 11.7 Å². The summed E-state index contributed by atoms with van der Waals surface area (Å²) in [7, 11) is 0. The highest BCUT2D eigenvalue weighted by molar-refractivity contribution is 5.55. The number of aliphatic hydroxyl groups excluding tert-OH is 1. The Balaban J connectivity index is 1.85. The lowest BCUT2D eigenvalue weighted by atomic mass is 9.71. The van der Waals surface area contributed by atoms with Gasteiger partial charge in [0.1, 0.15) is 5.82 Å². The summed E-state index contributed by atoms with van der Waals surface area (Å²) in [6, 6.07) is 4.62. The number of nitrogens with zero attached hydrogens (tertiary/aromatic N) is 1. The molecule has 0 radical (unpaired) electrons. The van der Waals surface area contributed by atoms with E-state index in [1.165, 1.54) is 18.6 Å². The highest BCUT2D eigenvalue weighted by Crippen LogP contribution is 2.41. The van der Waals surface area contributed by atoms with Crippen LogP contribution < -0.4 is 4.90 Å². The fourth-order valence-corrected chi connectivity index (χ4v) is 3.94. The van der Waals surface area contributed by atoms with Gasteiger partial charge < -0.3 is 15.1 Å². The van der Waals surface area contributed by atoms with Gasteiger partial charge >= 0.3 is 0 Å². The molecule has 2 aliphatic rings. The molecule has 2 N–H and O–H groups in total. The normalized spacial score (nSPS) is 30.9. The molecule has 1 saturated carbocycles. The molecule has 2 unspecified atom stereocenters. The Bertz CT molecular complexity index is 520. The van der Waals surface area contributed by atoms with Gasteiger partial charge in [0.15, 0.2) is 0 Å². The third-order valence-corrected chi connectivity index (χ3v) is 5.21. The molecule has 1 aliphatic heterocycles. The van der Waals surface area contributed by atoms with Crippen molar-refractivity contribution < 1.29 is 14.6 Å². The summed E-state index contributed by atoms with van der Waals surface area (Å²) in [6.07, 6.45) is 4.31. The molecular weight excluding hydrogens is 269 g/mol. The van der Waals surface area contributed by atoms with Gasteiger partial charge in [0.05, 0.1) is 11.7 Å². The second-order valence-electron chi connectivity index (χ2n) is 6.62. The number of hydrogen-bond acceptors (Lipinski definition) is 3. The molecule has 1 aromatic rings. The van der Waals surface area contributed by atoms with Crippen LogP contribution in [0.3, 0.4) is 0 Å². The van der Waals surface area contributed by atoms with Crippen molar-refractivity contribution in [3.8, 4) is 0 Å². The van der Waals surface area contributed by atoms with Crippen LogP contribution in [0.5, 0.6) is 0 Å². The van der Waals surface area contributed by atoms with Crippen molar-refractivity contribution in [3.63, 3.8) is 0 Å². The average molecular weight is 293 g/mol.